The highest BCUT2D eigenvalue weighted by molar-refractivity contribution is 6.01. The van der Waals surface area contributed by atoms with E-state index >= 15 is 0 Å². The summed E-state index contributed by atoms with van der Waals surface area (Å²) in [7, 11) is 1.60. The first-order valence-corrected chi connectivity index (χ1v) is 11.0. The molecule has 5 rings (SSSR count). The molecule has 0 saturated heterocycles. The second-order valence-corrected chi connectivity index (χ2v) is 8.65. The average Bonchev–Trinajstić information content (AvgIpc) is 3.01. The average molecular weight is 431 g/mol. The highest BCUT2D eigenvalue weighted by Gasteiger charge is 2.30. The summed E-state index contributed by atoms with van der Waals surface area (Å²) in [5, 5.41) is 20.5. The van der Waals surface area contributed by atoms with Crippen LogP contribution in [0.5, 0.6) is 5.75 Å². The van der Waals surface area contributed by atoms with Gasteiger partial charge in [-0.3, -0.25) is 0 Å². The van der Waals surface area contributed by atoms with E-state index in [1.165, 1.54) is 12.0 Å². The van der Waals surface area contributed by atoms with Gasteiger partial charge in [0.1, 0.15) is 5.75 Å². The Bertz CT molecular complexity index is 1280. The first-order chi connectivity index (χ1) is 15.5. The molecular formula is C26H25NO5. The zero-order chi connectivity index (χ0) is 22.4. The normalized spacial score (nSPS) is 16.1. The second-order valence-electron chi connectivity index (χ2n) is 8.65. The van der Waals surface area contributed by atoms with Gasteiger partial charge in [0.25, 0.3) is 0 Å². The van der Waals surface area contributed by atoms with Crippen molar-refractivity contribution in [2.75, 3.05) is 7.11 Å². The molecule has 3 aromatic rings. The summed E-state index contributed by atoms with van der Waals surface area (Å²) in [6, 6.07) is 11.0. The molecule has 1 fully saturated rings. The topological polar surface area (TPSA) is 88.8 Å². The van der Waals surface area contributed by atoms with Crippen molar-refractivity contribution in [2.24, 2.45) is 0 Å². The summed E-state index contributed by atoms with van der Waals surface area (Å²) < 4.78 is 7.41. The van der Waals surface area contributed by atoms with Crippen molar-refractivity contribution < 1.29 is 24.5 Å². The van der Waals surface area contributed by atoms with Crippen LogP contribution in [0.15, 0.2) is 42.0 Å². The number of fused-ring (bicyclic) bond motifs is 5. The number of benzene rings is 2. The van der Waals surface area contributed by atoms with Crippen LogP contribution in [0.2, 0.25) is 0 Å². The number of ether oxygens (including phenoxy) is 1. The number of nitrogens with zero attached hydrogens (tertiary/aromatic N) is 1. The fourth-order valence-electron chi connectivity index (χ4n) is 5.30. The number of aliphatic carboxylic acids is 1. The molecule has 6 nitrogen and oxygen atoms in total. The Morgan fingerprint density at radius 1 is 1.00 bits per heavy atom. The third-order valence-electron chi connectivity index (χ3n) is 6.81. The quantitative estimate of drug-likeness (QED) is 0.566. The maximum Gasteiger partial charge on any atom is 0.335 e. The Labute approximate surface area is 185 Å². The zero-order valence-corrected chi connectivity index (χ0v) is 17.9. The summed E-state index contributed by atoms with van der Waals surface area (Å²) in [6.45, 7) is 0.175. The van der Waals surface area contributed by atoms with Crippen molar-refractivity contribution in [3.8, 4) is 17.0 Å². The molecule has 2 heterocycles. The van der Waals surface area contributed by atoms with Crippen LogP contribution in [-0.4, -0.2) is 33.8 Å². The molecule has 0 atom stereocenters. The summed E-state index contributed by atoms with van der Waals surface area (Å²) >= 11 is 0. The van der Waals surface area contributed by atoms with Gasteiger partial charge < -0.3 is 19.5 Å². The fraction of sp³-hybridized carbons (Fsp3) is 0.308. The number of hydrogen-bond acceptors (Lipinski definition) is 3. The van der Waals surface area contributed by atoms with E-state index in [-0.39, 0.29) is 17.7 Å². The molecule has 6 heteroatoms. The van der Waals surface area contributed by atoms with Gasteiger partial charge in [-0.2, -0.15) is 0 Å². The number of methoxy groups -OCH3 is 1. The van der Waals surface area contributed by atoms with Crippen LogP contribution in [0.1, 0.15) is 59.5 Å². The Morgan fingerprint density at radius 2 is 1.78 bits per heavy atom. The van der Waals surface area contributed by atoms with Gasteiger partial charge in [-0.15, -0.1) is 0 Å². The van der Waals surface area contributed by atoms with Crippen LogP contribution < -0.4 is 4.74 Å². The van der Waals surface area contributed by atoms with Crippen molar-refractivity contribution in [1.82, 2.24) is 4.57 Å². The molecule has 2 N–H and O–H groups in total. The van der Waals surface area contributed by atoms with Crippen molar-refractivity contribution >= 4 is 28.9 Å². The zero-order valence-electron chi connectivity index (χ0n) is 17.9. The van der Waals surface area contributed by atoms with Gasteiger partial charge in [-0.05, 0) is 66.3 Å². The van der Waals surface area contributed by atoms with Crippen molar-refractivity contribution in [3.63, 3.8) is 0 Å². The van der Waals surface area contributed by atoms with Crippen LogP contribution >= 0.6 is 0 Å². The van der Waals surface area contributed by atoms with Crippen LogP contribution in [-0.2, 0) is 11.3 Å². The minimum atomic E-state index is -0.991. The minimum Gasteiger partial charge on any atom is -0.497 e. The monoisotopic (exact) mass is 431 g/mol. The number of aromatic carboxylic acids is 1. The smallest absolute Gasteiger partial charge is 0.335 e. The summed E-state index contributed by atoms with van der Waals surface area (Å²) in [6.07, 6.45) is 7.43. The lowest BCUT2D eigenvalue weighted by atomic mass is 9.81. The van der Waals surface area contributed by atoms with E-state index in [2.05, 4.69) is 0 Å². The molecule has 0 radical (unpaired) electrons. The van der Waals surface area contributed by atoms with Crippen LogP contribution in [0.4, 0.5) is 0 Å². The van der Waals surface area contributed by atoms with Gasteiger partial charge in [0, 0.05) is 16.5 Å². The van der Waals surface area contributed by atoms with Crippen molar-refractivity contribution in [3.05, 3.63) is 58.7 Å². The number of carboxylic acids is 2. The fourth-order valence-corrected chi connectivity index (χ4v) is 5.30. The van der Waals surface area contributed by atoms with E-state index in [1.54, 1.807) is 25.3 Å². The SMILES string of the molecule is COc1ccc2c(c1)C=C(C(=O)O)Cn1c-2c(C2CCCCC2)c2ccc(C(=O)O)cc21. The third kappa shape index (κ3) is 3.27. The summed E-state index contributed by atoms with van der Waals surface area (Å²) in [4.78, 5) is 23.8. The standard InChI is InChI=1S/C26H25NO5/c1-32-19-8-10-20-17(12-19)11-18(26(30)31)14-27-22-13-16(25(28)29)7-9-21(22)23(24(20)27)15-5-3-2-4-6-15/h7-13,15H,2-6,14H2,1H3,(H,28,29)(H,30,31). The van der Waals surface area contributed by atoms with Crippen molar-refractivity contribution in [2.45, 2.75) is 44.6 Å². The predicted molar refractivity (Wildman–Crippen MR) is 122 cm³/mol. The number of aromatic nitrogens is 1. The second kappa shape index (κ2) is 7.86. The Balaban J connectivity index is 1.87. The van der Waals surface area contributed by atoms with Gasteiger partial charge in [0.05, 0.1) is 30.5 Å². The largest absolute Gasteiger partial charge is 0.497 e. The van der Waals surface area contributed by atoms with Gasteiger partial charge in [-0.25, -0.2) is 9.59 Å². The lowest BCUT2D eigenvalue weighted by molar-refractivity contribution is -0.132. The summed E-state index contributed by atoms with van der Waals surface area (Å²) in [5.41, 5.74) is 5.20. The van der Waals surface area contributed by atoms with Crippen LogP contribution in [0, 0.1) is 0 Å². The van der Waals surface area contributed by atoms with Gasteiger partial charge >= 0.3 is 11.9 Å². The molecule has 32 heavy (non-hydrogen) atoms. The Kier molecular flexibility index (Phi) is 5.00. The molecule has 0 spiro atoms. The molecular weight excluding hydrogens is 406 g/mol. The highest BCUT2D eigenvalue weighted by atomic mass is 16.5. The van der Waals surface area contributed by atoms with Crippen LogP contribution in [0.25, 0.3) is 28.2 Å². The van der Waals surface area contributed by atoms with E-state index in [9.17, 15) is 19.8 Å². The van der Waals surface area contributed by atoms with Crippen molar-refractivity contribution in [1.29, 1.82) is 0 Å². The molecule has 2 aliphatic rings. The number of rotatable bonds is 4. The lowest BCUT2D eigenvalue weighted by Gasteiger charge is -2.24. The maximum absolute atomic E-state index is 12.1. The van der Waals surface area contributed by atoms with Gasteiger partial charge in [0.2, 0.25) is 0 Å². The first-order valence-electron chi connectivity index (χ1n) is 11.0. The number of carboxylic acid groups (broad SMARTS) is 2. The van der Waals surface area contributed by atoms with E-state index < -0.39 is 11.9 Å². The third-order valence-corrected chi connectivity index (χ3v) is 6.81. The van der Waals surface area contributed by atoms with E-state index in [0.29, 0.717) is 11.7 Å². The molecule has 0 unspecified atom stereocenters. The number of hydrogen-bond donors (Lipinski definition) is 2. The van der Waals surface area contributed by atoms with Gasteiger partial charge in [0.15, 0.2) is 0 Å². The first kappa shape index (κ1) is 20.4. The summed E-state index contributed by atoms with van der Waals surface area (Å²) in [5.74, 6) is -0.947. The maximum atomic E-state index is 12.1. The van der Waals surface area contributed by atoms with E-state index in [4.69, 9.17) is 4.74 Å². The molecule has 0 amide bonds. The highest BCUT2D eigenvalue weighted by Crippen LogP contribution is 2.47. The van der Waals surface area contributed by atoms with Gasteiger partial charge in [-0.1, -0.05) is 25.3 Å². The molecule has 1 aliphatic heterocycles. The Morgan fingerprint density at radius 3 is 2.47 bits per heavy atom. The minimum absolute atomic E-state index is 0.175. The lowest BCUT2D eigenvalue weighted by Crippen LogP contribution is -2.10. The predicted octanol–water partition coefficient (Wildman–Crippen LogP) is 5.54. The molecule has 2 aromatic carbocycles. The molecule has 1 saturated carbocycles. The van der Waals surface area contributed by atoms with E-state index in [1.807, 2.05) is 28.8 Å². The van der Waals surface area contributed by atoms with E-state index in [0.717, 1.165) is 53.4 Å². The van der Waals surface area contributed by atoms with Crippen LogP contribution in [0.3, 0.4) is 0 Å². The molecule has 1 aliphatic carbocycles. The molecule has 0 bridgehead atoms. The Hall–Kier alpha value is -3.54. The molecule has 164 valence electrons. The molecule has 1 aromatic heterocycles. The number of carbonyl (C=O) groups is 2.